The van der Waals surface area contributed by atoms with Crippen LogP contribution in [-0.2, 0) is 4.79 Å². The number of piperidine rings is 1. The van der Waals surface area contributed by atoms with Gasteiger partial charge in [-0.2, -0.15) is 5.26 Å². The maximum absolute atomic E-state index is 11.1. The van der Waals surface area contributed by atoms with E-state index in [1.807, 2.05) is 35.2 Å². The third-order valence-corrected chi connectivity index (χ3v) is 4.53. The van der Waals surface area contributed by atoms with Gasteiger partial charge < -0.3 is 14.7 Å². The second-order valence-electron chi connectivity index (χ2n) is 6.01. The van der Waals surface area contributed by atoms with Crippen LogP contribution in [0.15, 0.2) is 36.4 Å². The van der Waals surface area contributed by atoms with Crippen LogP contribution >= 0.6 is 0 Å². The highest BCUT2D eigenvalue weighted by atomic mass is 16.5. The zero-order valence-electron chi connectivity index (χ0n) is 14.0. The number of aliphatic carboxylic acids is 1. The number of nitriles is 1. The van der Waals surface area contributed by atoms with E-state index in [1.54, 1.807) is 13.2 Å². The molecule has 25 heavy (non-hydrogen) atoms. The van der Waals surface area contributed by atoms with Crippen LogP contribution in [0.1, 0.15) is 18.4 Å². The Balaban J connectivity index is 1.88. The maximum Gasteiger partial charge on any atom is 0.306 e. The fourth-order valence-corrected chi connectivity index (χ4v) is 3.04. The molecule has 1 saturated heterocycles. The molecule has 1 fully saturated rings. The molecule has 1 N–H and O–H groups in total. The number of carbonyl (C=O) groups is 1. The molecule has 0 radical (unpaired) electrons. The lowest BCUT2D eigenvalue weighted by molar-refractivity contribution is -0.142. The fraction of sp³-hybridized carbons (Fsp3) is 0.316. The molecular formula is C19H19N3O3. The SMILES string of the molecule is COc1ccc(-c2ccc(C#N)c(N3CCC(C(=O)O)CC3)n2)cc1. The van der Waals surface area contributed by atoms with Gasteiger partial charge in [-0.05, 0) is 49.2 Å². The Kier molecular flexibility index (Phi) is 4.85. The van der Waals surface area contributed by atoms with Gasteiger partial charge in [0.2, 0.25) is 0 Å². The molecule has 1 aliphatic rings. The molecule has 1 aromatic carbocycles. The molecule has 0 unspecified atom stereocenters. The topological polar surface area (TPSA) is 86.5 Å². The van der Waals surface area contributed by atoms with E-state index in [0.29, 0.717) is 37.3 Å². The van der Waals surface area contributed by atoms with Crippen LogP contribution < -0.4 is 9.64 Å². The van der Waals surface area contributed by atoms with Crippen LogP contribution in [-0.4, -0.2) is 36.3 Å². The smallest absolute Gasteiger partial charge is 0.306 e. The molecular weight excluding hydrogens is 318 g/mol. The molecule has 1 aromatic heterocycles. The third-order valence-electron chi connectivity index (χ3n) is 4.53. The minimum atomic E-state index is -0.750. The number of nitrogens with zero attached hydrogens (tertiary/aromatic N) is 3. The highest BCUT2D eigenvalue weighted by Crippen LogP contribution is 2.28. The first-order valence-electron chi connectivity index (χ1n) is 8.15. The van der Waals surface area contributed by atoms with Crippen LogP contribution in [0.2, 0.25) is 0 Å². The summed E-state index contributed by atoms with van der Waals surface area (Å²) in [4.78, 5) is 17.8. The highest BCUT2D eigenvalue weighted by molar-refractivity contribution is 5.71. The molecule has 6 nitrogen and oxygen atoms in total. The maximum atomic E-state index is 11.1. The summed E-state index contributed by atoms with van der Waals surface area (Å²) in [5, 5.41) is 18.5. The van der Waals surface area contributed by atoms with E-state index in [9.17, 15) is 10.1 Å². The Morgan fingerprint density at radius 2 is 1.92 bits per heavy atom. The van der Waals surface area contributed by atoms with Crippen molar-refractivity contribution in [2.24, 2.45) is 5.92 Å². The second-order valence-corrected chi connectivity index (χ2v) is 6.01. The minimum absolute atomic E-state index is 0.313. The van der Waals surface area contributed by atoms with Gasteiger partial charge in [0.25, 0.3) is 0 Å². The summed E-state index contributed by atoms with van der Waals surface area (Å²) >= 11 is 0. The summed E-state index contributed by atoms with van der Waals surface area (Å²) in [5.74, 6) is 0.333. The summed E-state index contributed by atoms with van der Waals surface area (Å²) in [6.07, 6.45) is 1.13. The van der Waals surface area contributed by atoms with Gasteiger partial charge in [-0.1, -0.05) is 0 Å². The first kappa shape index (κ1) is 16.8. The first-order chi connectivity index (χ1) is 12.1. The zero-order valence-corrected chi connectivity index (χ0v) is 14.0. The Labute approximate surface area is 146 Å². The van der Waals surface area contributed by atoms with Gasteiger partial charge in [-0.15, -0.1) is 0 Å². The van der Waals surface area contributed by atoms with Crippen molar-refractivity contribution in [2.45, 2.75) is 12.8 Å². The van der Waals surface area contributed by atoms with Gasteiger partial charge in [0, 0.05) is 18.7 Å². The summed E-state index contributed by atoms with van der Waals surface area (Å²) in [7, 11) is 1.62. The molecule has 1 aliphatic heterocycles. The number of benzene rings is 1. The lowest BCUT2D eigenvalue weighted by Crippen LogP contribution is -2.37. The summed E-state index contributed by atoms with van der Waals surface area (Å²) in [6.45, 7) is 1.18. The average molecular weight is 337 g/mol. The van der Waals surface area contributed by atoms with Crippen LogP contribution in [0.25, 0.3) is 11.3 Å². The number of hydrogen-bond donors (Lipinski definition) is 1. The summed E-state index contributed by atoms with van der Waals surface area (Å²) in [5.41, 5.74) is 2.22. The Hall–Kier alpha value is -3.07. The van der Waals surface area contributed by atoms with Gasteiger partial charge in [-0.3, -0.25) is 4.79 Å². The van der Waals surface area contributed by atoms with E-state index in [0.717, 1.165) is 17.0 Å². The zero-order chi connectivity index (χ0) is 17.8. The van der Waals surface area contributed by atoms with Crippen molar-refractivity contribution in [2.75, 3.05) is 25.1 Å². The van der Waals surface area contributed by atoms with Crippen molar-refractivity contribution in [1.29, 1.82) is 5.26 Å². The van der Waals surface area contributed by atoms with Crippen molar-refractivity contribution >= 4 is 11.8 Å². The monoisotopic (exact) mass is 337 g/mol. The molecule has 0 atom stereocenters. The van der Waals surface area contributed by atoms with E-state index in [2.05, 4.69) is 11.1 Å². The van der Waals surface area contributed by atoms with Crippen molar-refractivity contribution in [3.63, 3.8) is 0 Å². The lowest BCUT2D eigenvalue weighted by Gasteiger charge is -2.31. The molecule has 0 saturated carbocycles. The lowest BCUT2D eigenvalue weighted by atomic mass is 9.97. The molecule has 128 valence electrons. The molecule has 3 rings (SSSR count). The standard InChI is InChI=1S/C19H19N3O3/c1-25-16-5-2-13(3-6-16)17-7-4-15(12-20)18(21-17)22-10-8-14(9-11-22)19(23)24/h2-7,14H,8-11H2,1H3,(H,23,24). The van der Waals surface area contributed by atoms with Crippen LogP contribution in [0.4, 0.5) is 5.82 Å². The number of hydrogen-bond acceptors (Lipinski definition) is 5. The number of pyridine rings is 1. The predicted molar refractivity (Wildman–Crippen MR) is 93.5 cm³/mol. The highest BCUT2D eigenvalue weighted by Gasteiger charge is 2.26. The third kappa shape index (κ3) is 3.56. The van der Waals surface area contributed by atoms with Gasteiger partial charge in [0.15, 0.2) is 0 Å². The van der Waals surface area contributed by atoms with E-state index >= 15 is 0 Å². The molecule has 0 amide bonds. The Bertz CT molecular complexity index is 804. The van der Waals surface area contributed by atoms with Crippen LogP contribution in [0, 0.1) is 17.2 Å². The van der Waals surface area contributed by atoms with Crippen molar-refractivity contribution in [3.05, 3.63) is 42.0 Å². The van der Waals surface area contributed by atoms with Gasteiger partial charge >= 0.3 is 5.97 Å². The molecule has 2 aromatic rings. The Morgan fingerprint density at radius 3 is 2.48 bits per heavy atom. The molecule has 0 aliphatic carbocycles. The first-order valence-corrected chi connectivity index (χ1v) is 8.15. The van der Waals surface area contributed by atoms with E-state index in [1.165, 1.54) is 0 Å². The van der Waals surface area contributed by atoms with Crippen molar-refractivity contribution < 1.29 is 14.6 Å². The quantitative estimate of drug-likeness (QED) is 0.923. The number of carboxylic acid groups (broad SMARTS) is 1. The molecule has 6 heteroatoms. The summed E-state index contributed by atoms with van der Waals surface area (Å²) in [6, 6.07) is 13.4. The van der Waals surface area contributed by atoms with Crippen LogP contribution in [0.5, 0.6) is 5.75 Å². The van der Waals surface area contributed by atoms with Gasteiger partial charge in [-0.25, -0.2) is 4.98 Å². The molecule has 0 bridgehead atoms. The number of anilines is 1. The number of ether oxygens (including phenoxy) is 1. The van der Waals surface area contributed by atoms with E-state index in [-0.39, 0.29) is 5.92 Å². The predicted octanol–water partition coefficient (Wildman–Crippen LogP) is 2.93. The number of aromatic nitrogens is 1. The second kappa shape index (κ2) is 7.22. The normalized spacial score (nSPS) is 14.8. The summed E-state index contributed by atoms with van der Waals surface area (Å²) < 4.78 is 5.17. The average Bonchev–Trinajstić information content (AvgIpc) is 2.67. The van der Waals surface area contributed by atoms with Crippen LogP contribution in [0.3, 0.4) is 0 Å². The minimum Gasteiger partial charge on any atom is -0.497 e. The van der Waals surface area contributed by atoms with Gasteiger partial charge in [0.05, 0.1) is 24.3 Å². The Morgan fingerprint density at radius 1 is 1.24 bits per heavy atom. The molecule has 0 spiro atoms. The number of rotatable bonds is 4. The van der Waals surface area contributed by atoms with Crippen molar-refractivity contribution in [3.8, 4) is 23.1 Å². The van der Waals surface area contributed by atoms with Gasteiger partial charge in [0.1, 0.15) is 17.6 Å². The number of methoxy groups -OCH3 is 1. The van der Waals surface area contributed by atoms with Crippen molar-refractivity contribution in [1.82, 2.24) is 4.98 Å². The van der Waals surface area contributed by atoms with E-state index in [4.69, 9.17) is 9.84 Å². The molecule has 2 heterocycles. The largest absolute Gasteiger partial charge is 0.497 e. The van der Waals surface area contributed by atoms with E-state index < -0.39 is 5.97 Å². The fourth-order valence-electron chi connectivity index (χ4n) is 3.04. The number of carboxylic acids is 1.